The van der Waals surface area contributed by atoms with E-state index in [0.717, 1.165) is 22.5 Å². The van der Waals surface area contributed by atoms with Crippen LogP contribution in [-0.2, 0) is 19.4 Å². The maximum atomic E-state index is 12.9. The number of aromatic nitrogens is 1. The van der Waals surface area contributed by atoms with Crippen LogP contribution >= 0.6 is 11.6 Å². The second kappa shape index (κ2) is 10.2. The van der Waals surface area contributed by atoms with Gasteiger partial charge in [-0.05, 0) is 54.1 Å². The van der Waals surface area contributed by atoms with Crippen LogP contribution in [0.2, 0.25) is 5.02 Å². The van der Waals surface area contributed by atoms with Crippen molar-refractivity contribution in [3.8, 4) is 17.6 Å². The van der Waals surface area contributed by atoms with Crippen molar-refractivity contribution in [1.29, 1.82) is 10.7 Å². The summed E-state index contributed by atoms with van der Waals surface area (Å²) in [5.74, 6) is -0.245. The number of nitriles is 1. The van der Waals surface area contributed by atoms with Crippen LogP contribution in [0.5, 0.6) is 11.5 Å². The van der Waals surface area contributed by atoms with Gasteiger partial charge in [-0.3, -0.25) is 5.41 Å². The van der Waals surface area contributed by atoms with Gasteiger partial charge >= 0.3 is 6.18 Å². The van der Waals surface area contributed by atoms with Crippen LogP contribution in [0.15, 0.2) is 36.5 Å². The Morgan fingerprint density at radius 3 is 2.70 bits per heavy atom. The Morgan fingerprint density at radius 1 is 1.27 bits per heavy atom. The van der Waals surface area contributed by atoms with E-state index < -0.39 is 23.2 Å². The van der Waals surface area contributed by atoms with Crippen LogP contribution in [0.4, 0.5) is 13.2 Å². The number of benzene rings is 2. The van der Waals surface area contributed by atoms with Gasteiger partial charge in [-0.15, -0.1) is 0 Å². The van der Waals surface area contributed by atoms with Crippen molar-refractivity contribution in [2.75, 3.05) is 6.61 Å². The Morgan fingerprint density at radius 2 is 2.03 bits per heavy atom. The highest BCUT2D eigenvalue weighted by molar-refractivity contribution is 6.32. The largest absolute Gasteiger partial charge is 0.507 e. The molecule has 2 N–H and O–H groups in total. The first-order chi connectivity index (χ1) is 15.7. The molecule has 1 heterocycles. The number of ether oxygens (including phenoxy) is 1. The van der Waals surface area contributed by atoms with Crippen molar-refractivity contribution in [3.05, 3.63) is 58.2 Å². The number of phenolic OH excluding ortho intramolecular Hbond substituents is 1. The Kier molecular flexibility index (Phi) is 7.54. The zero-order chi connectivity index (χ0) is 24.2. The second-order valence-electron chi connectivity index (χ2n) is 7.61. The third kappa shape index (κ3) is 5.42. The predicted molar refractivity (Wildman–Crippen MR) is 121 cm³/mol. The van der Waals surface area contributed by atoms with E-state index in [2.05, 4.69) is 6.07 Å². The molecule has 0 aliphatic heterocycles. The average Bonchev–Trinajstić information content (AvgIpc) is 3.14. The molecule has 1 aromatic heterocycles. The van der Waals surface area contributed by atoms with Crippen molar-refractivity contribution < 1.29 is 23.0 Å². The van der Waals surface area contributed by atoms with Crippen molar-refractivity contribution in [2.45, 2.75) is 45.3 Å². The normalized spacial score (nSPS) is 11.5. The number of aromatic hydroxyl groups is 1. The fraction of sp³-hybridized carbons (Fsp3) is 0.333. The highest BCUT2D eigenvalue weighted by Crippen LogP contribution is 2.36. The van der Waals surface area contributed by atoms with Gasteiger partial charge in [0.05, 0.1) is 19.1 Å². The van der Waals surface area contributed by atoms with Crippen molar-refractivity contribution in [2.24, 2.45) is 0 Å². The fourth-order valence-electron chi connectivity index (χ4n) is 3.69. The number of aryl methyl sites for hydroxylation is 1. The molecule has 0 atom stereocenters. The number of fused-ring (bicyclic) bond motifs is 1. The summed E-state index contributed by atoms with van der Waals surface area (Å²) in [7, 11) is 0. The molecule has 3 aromatic rings. The first-order valence-corrected chi connectivity index (χ1v) is 10.8. The Bertz CT molecular complexity index is 1210. The van der Waals surface area contributed by atoms with Crippen LogP contribution < -0.4 is 4.74 Å². The molecular weight excluding hydrogens is 455 g/mol. The molecule has 0 amide bonds. The lowest BCUT2D eigenvalue weighted by Crippen LogP contribution is -2.23. The highest BCUT2D eigenvalue weighted by atomic mass is 35.5. The quantitative estimate of drug-likeness (QED) is 0.275. The molecule has 3 rings (SSSR count). The van der Waals surface area contributed by atoms with Gasteiger partial charge in [-0.25, -0.2) is 0 Å². The van der Waals surface area contributed by atoms with E-state index in [0.29, 0.717) is 36.6 Å². The standard InChI is InChI=1S/C24H23ClF3N3O2/c1-2-4-17-21(6-5-18(22(17)32)23(30)24(26,27)28)33-12-3-10-31-11-8-16-13-15(7-9-29)19(25)14-20(16)31/h5-6,8,11,13-14,30,32H,2-4,7,10,12H2,1H3. The number of hydrogen-bond acceptors (Lipinski definition) is 4. The van der Waals surface area contributed by atoms with E-state index in [4.69, 9.17) is 27.0 Å². The SMILES string of the molecule is CCCc1c(OCCCn2ccc3cc(CC#N)c(Cl)cc32)ccc(C(=N)C(F)(F)F)c1O. The van der Waals surface area contributed by atoms with E-state index in [1.54, 1.807) is 0 Å². The molecule has 2 aromatic carbocycles. The summed E-state index contributed by atoms with van der Waals surface area (Å²) in [6.07, 6.45) is -1.16. The number of nitrogens with zero attached hydrogens (tertiary/aromatic N) is 2. The summed E-state index contributed by atoms with van der Waals surface area (Å²) < 4.78 is 46.6. The third-order valence-electron chi connectivity index (χ3n) is 5.30. The summed E-state index contributed by atoms with van der Waals surface area (Å²) in [6.45, 7) is 2.74. The summed E-state index contributed by atoms with van der Waals surface area (Å²) >= 11 is 6.28. The lowest BCUT2D eigenvalue weighted by molar-refractivity contribution is -0.0588. The van der Waals surface area contributed by atoms with Crippen molar-refractivity contribution >= 4 is 28.2 Å². The second-order valence-corrected chi connectivity index (χ2v) is 8.02. The molecule has 9 heteroatoms. The van der Waals surface area contributed by atoms with Crippen LogP contribution in [0.3, 0.4) is 0 Å². The molecule has 0 bridgehead atoms. The Hall–Kier alpha value is -3.18. The van der Waals surface area contributed by atoms with Gasteiger partial charge < -0.3 is 14.4 Å². The van der Waals surface area contributed by atoms with E-state index in [9.17, 15) is 18.3 Å². The van der Waals surface area contributed by atoms with Gasteiger partial charge in [0.1, 0.15) is 17.2 Å². The molecule has 0 aliphatic carbocycles. The molecule has 0 aliphatic rings. The van der Waals surface area contributed by atoms with Gasteiger partial charge in [-0.2, -0.15) is 18.4 Å². The van der Waals surface area contributed by atoms with Crippen molar-refractivity contribution in [3.63, 3.8) is 0 Å². The lowest BCUT2D eigenvalue weighted by atomic mass is 10.00. The topological polar surface area (TPSA) is 82.0 Å². The zero-order valence-electron chi connectivity index (χ0n) is 18.0. The number of phenols is 1. The first kappa shape index (κ1) is 24.5. The Labute approximate surface area is 194 Å². The van der Waals surface area contributed by atoms with Gasteiger partial charge in [0.15, 0.2) is 0 Å². The summed E-state index contributed by atoms with van der Waals surface area (Å²) in [6, 6.07) is 10.2. The maximum Gasteiger partial charge on any atom is 0.433 e. The van der Waals surface area contributed by atoms with Crippen LogP contribution in [0, 0.1) is 16.7 Å². The van der Waals surface area contributed by atoms with Gasteiger partial charge in [-0.1, -0.05) is 24.9 Å². The minimum atomic E-state index is -4.85. The fourth-order valence-corrected chi connectivity index (χ4v) is 3.92. The molecular formula is C24H23ClF3N3O2. The number of hydrogen-bond donors (Lipinski definition) is 2. The van der Waals surface area contributed by atoms with E-state index in [1.165, 1.54) is 6.07 Å². The van der Waals surface area contributed by atoms with E-state index >= 15 is 0 Å². The lowest BCUT2D eigenvalue weighted by Gasteiger charge is -2.17. The molecule has 0 spiro atoms. The zero-order valence-corrected chi connectivity index (χ0v) is 18.7. The van der Waals surface area contributed by atoms with Crippen LogP contribution in [0.25, 0.3) is 10.9 Å². The molecule has 174 valence electrons. The molecule has 0 fully saturated rings. The number of halogens is 4. The monoisotopic (exact) mass is 477 g/mol. The van der Waals surface area contributed by atoms with E-state index in [-0.39, 0.29) is 18.6 Å². The summed E-state index contributed by atoms with van der Waals surface area (Å²) in [5, 5.41) is 28.1. The average molecular weight is 478 g/mol. The van der Waals surface area contributed by atoms with Gasteiger partial charge in [0, 0.05) is 34.4 Å². The van der Waals surface area contributed by atoms with Crippen LogP contribution in [-0.4, -0.2) is 28.2 Å². The smallest absolute Gasteiger partial charge is 0.433 e. The first-order valence-electron chi connectivity index (χ1n) is 10.4. The molecule has 0 saturated heterocycles. The summed E-state index contributed by atoms with van der Waals surface area (Å²) in [5.41, 5.74) is -0.156. The van der Waals surface area contributed by atoms with E-state index in [1.807, 2.05) is 35.9 Å². The minimum absolute atomic E-state index is 0.238. The Balaban J connectivity index is 1.71. The maximum absolute atomic E-state index is 12.9. The molecule has 0 unspecified atom stereocenters. The summed E-state index contributed by atoms with van der Waals surface area (Å²) in [4.78, 5) is 0. The number of alkyl halides is 3. The third-order valence-corrected chi connectivity index (χ3v) is 5.65. The molecule has 0 radical (unpaired) electrons. The van der Waals surface area contributed by atoms with Crippen molar-refractivity contribution in [1.82, 2.24) is 4.57 Å². The van der Waals surface area contributed by atoms with Gasteiger partial charge in [0.2, 0.25) is 0 Å². The number of rotatable bonds is 9. The molecule has 33 heavy (non-hydrogen) atoms. The van der Waals surface area contributed by atoms with Gasteiger partial charge in [0.25, 0.3) is 0 Å². The minimum Gasteiger partial charge on any atom is -0.507 e. The highest BCUT2D eigenvalue weighted by Gasteiger charge is 2.37. The van der Waals surface area contributed by atoms with Crippen LogP contribution in [0.1, 0.15) is 36.5 Å². The predicted octanol–water partition coefficient (Wildman–Crippen LogP) is 6.42. The number of nitrogens with one attached hydrogen (secondary N) is 1. The molecule has 0 saturated carbocycles. The molecule has 5 nitrogen and oxygen atoms in total.